The minimum absolute atomic E-state index is 0.389. The van der Waals surface area contributed by atoms with Crippen molar-refractivity contribution in [3.05, 3.63) is 23.2 Å². The molecule has 3 heterocycles. The predicted octanol–water partition coefficient (Wildman–Crippen LogP) is 2.47. The second-order valence-electron chi connectivity index (χ2n) is 5.93. The molecular weight excluding hydrogens is 271 g/mol. The summed E-state index contributed by atoms with van der Waals surface area (Å²) < 4.78 is 13.2. The first-order chi connectivity index (χ1) is 9.34. The fourth-order valence-corrected chi connectivity index (χ4v) is 3.04. The van der Waals surface area contributed by atoms with Gasteiger partial charge in [0.25, 0.3) is 0 Å². The van der Waals surface area contributed by atoms with Crippen LogP contribution in [0.4, 0.5) is 0 Å². The summed E-state index contributed by atoms with van der Waals surface area (Å²) in [4.78, 5) is 4.30. The lowest BCUT2D eigenvalue weighted by molar-refractivity contribution is 0.00578. The van der Waals surface area contributed by atoms with Crippen LogP contribution in [0.2, 0.25) is 0 Å². The molecule has 1 fully saturated rings. The molecular formula is C14H15BN2O2S. The van der Waals surface area contributed by atoms with Gasteiger partial charge in [-0.15, -0.1) is 11.3 Å². The van der Waals surface area contributed by atoms with Crippen LogP contribution >= 0.6 is 11.3 Å². The van der Waals surface area contributed by atoms with Gasteiger partial charge in [-0.2, -0.15) is 5.26 Å². The quantitative estimate of drug-likeness (QED) is 0.756. The van der Waals surface area contributed by atoms with Gasteiger partial charge in [0.05, 0.1) is 21.4 Å². The molecule has 3 rings (SSSR count). The van der Waals surface area contributed by atoms with E-state index in [1.165, 1.54) is 0 Å². The molecule has 0 unspecified atom stereocenters. The molecule has 0 radical (unpaired) electrons. The first kappa shape index (κ1) is 13.6. The zero-order valence-electron chi connectivity index (χ0n) is 11.9. The molecule has 6 heteroatoms. The summed E-state index contributed by atoms with van der Waals surface area (Å²) in [7, 11) is -0.462. The van der Waals surface area contributed by atoms with Gasteiger partial charge in [0.15, 0.2) is 0 Å². The maximum Gasteiger partial charge on any atom is 0.496 e. The maximum absolute atomic E-state index is 9.12. The number of hydrogen-bond acceptors (Lipinski definition) is 5. The summed E-state index contributed by atoms with van der Waals surface area (Å²) in [5.74, 6) is 0. The second-order valence-corrected chi connectivity index (χ2v) is 6.85. The lowest BCUT2D eigenvalue weighted by atomic mass is 9.79. The Morgan fingerprint density at radius 1 is 1.25 bits per heavy atom. The van der Waals surface area contributed by atoms with Crippen molar-refractivity contribution in [1.29, 1.82) is 5.26 Å². The van der Waals surface area contributed by atoms with Crippen LogP contribution in [0.25, 0.3) is 10.2 Å². The van der Waals surface area contributed by atoms with Crippen molar-refractivity contribution >= 4 is 34.1 Å². The van der Waals surface area contributed by atoms with E-state index in [0.29, 0.717) is 5.69 Å². The summed E-state index contributed by atoms with van der Waals surface area (Å²) >= 11 is 1.59. The van der Waals surface area contributed by atoms with E-state index < -0.39 is 18.3 Å². The Labute approximate surface area is 122 Å². The Hall–Kier alpha value is -1.42. The summed E-state index contributed by atoms with van der Waals surface area (Å²) in [5.41, 5.74) is 1.31. The van der Waals surface area contributed by atoms with Crippen LogP contribution in [-0.2, 0) is 9.31 Å². The Balaban J connectivity index is 2.12. The predicted molar refractivity (Wildman–Crippen MR) is 80.1 cm³/mol. The first-order valence-electron chi connectivity index (χ1n) is 6.48. The van der Waals surface area contributed by atoms with Crippen LogP contribution in [0.1, 0.15) is 33.4 Å². The van der Waals surface area contributed by atoms with Crippen molar-refractivity contribution in [2.45, 2.75) is 38.9 Å². The minimum Gasteiger partial charge on any atom is -0.399 e. The maximum atomic E-state index is 9.12. The molecule has 102 valence electrons. The van der Waals surface area contributed by atoms with Gasteiger partial charge in [-0.1, -0.05) is 0 Å². The summed E-state index contributed by atoms with van der Waals surface area (Å²) in [5, 5.41) is 11.1. The van der Waals surface area contributed by atoms with Crippen LogP contribution in [0, 0.1) is 11.3 Å². The van der Waals surface area contributed by atoms with Crippen molar-refractivity contribution in [3.8, 4) is 6.07 Å². The molecule has 0 saturated carbocycles. The summed E-state index contributed by atoms with van der Waals surface area (Å²) in [6.45, 7) is 8.08. The molecule has 2 aromatic rings. The number of thiophene rings is 1. The Morgan fingerprint density at radius 2 is 1.90 bits per heavy atom. The number of aromatic nitrogens is 1. The third-order valence-electron chi connectivity index (χ3n) is 4.06. The smallest absolute Gasteiger partial charge is 0.399 e. The topological polar surface area (TPSA) is 55.1 Å². The molecule has 0 amide bonds. The van der Waals surface area contributed by atoms with Crippen LogP contribution < -0.4 is 5.46 Å². The van der Waals surface area contributed by atoms with Gasteiger partial charge in [0, 0.05) is 5.46 Å². The molecule has 0 N–H and O–H groups in total. The molecule has 20 heavy (non-hydrogen) atoms. The highest BCUT2D eigenvalue weighted by Crippen LogP contribution is 2.37. The summed E-state index contributed by atoms with van der Waals surface area (Å²) in [6.07, 6.45) is 0. The molecule has 1 saturated heterocycles. The Bertz CT molecular complexity index is 702. The normalized spacial score (nSPS) is 20.2. The summed E-state index contributed by atoms with van der Waals surface area (Å²) in [6, 6.07) is 5.77. The van der Waals surface area contributed by atoms with Crippen molar-refractivity contribution < 1.29 is 9.31 Å². The molecule has 2 aromatic heterocycles. The molecule has 0 aromatic carbocycles. The van der Waals surface area contributed by atoms with E-state index in [1.807, 2.05) is 39.1 Å². The minimum atomic E-state index is -0.462. The monoisotopic (exact) mass is 286 g/mol. The van der Waals surface area contributed by atoms with Crippen molar-refractivity contribution in [2.24, 2.45) is 0 Å². The number of rotatable bonds is 1. The number of pyridine rings is 1. The third kappa shape index (κ3) is 1.94. The average Bonchev–Trinajstić information content (AvgIpc) is 2.90. The highest BCUT2D eigenvalue weighted by molar-refractivity contribution is 7.18. The fraction of sp³-hybridized carbons (Fsp3) is 0.429. The highest BCUT2D eigenvalue weighted by atomic mass is 32.1. The van der Waals surface area contributed by atoms with Crippen LogP contribution in [-0.4, -0.2) is 23.3 Å². The van der Waals surface area contributed by atoms with Crippen LogP contribution in [0.15, 0.2) is 17.5 Å². The molecule has 4 nitrogen and oxygen atoms in total. The van der Waals surface area contributed by atoms with Gasteiger partial charge >= 0.3 is 7.12 Å². The number of nitrogens with zero attached hydrogens (tertiary/aromatic N) is 2. The third-order valence-corrected chi connectivity index (χ3v) is 5.01. The van der Waals surface area contributed by atoms with Gasteiger partial charge in [-0.25, -0.2) is 4.98 Å². The number of fused-ring (bicyclic) bond motifs is 1. The lowest BCUT2D eigenvalue weighted by Crippen LogP contribution is -2.41. The molecule has 1 aliphatic rings. The van der Waals surface area contributed by atoms with Crippen molar-refractivity contribution in [1.82, 2.24) is 4.98 Å². The molecule has 1 aliphatic heterocycles. The Kier molecular flexibility index (Phi) is 2.91. The van der Waals surface area contributed by atoms with E-state index in [2.05, 4.69) is 11.1 Å². The first-order valence-corrected chi connectivity index (χ1v) is 7.36. The van der Waals surface area contributed by atoms with E-state index >= 15 is 0 Å². The standard InChI is InChI=1S/C14H15BN2O2S/c1-13(2)14(3,4)19-15(18-13)10-7-9(8-16)17-11-5-6-20-12(10)11/h5-7H,1-4H3. The number of nitriles is 1. The van der Waals surface area contributed by atoms with Gasteiger partial charge in [-0.05, 0) is 45.2 Å². The van der Waals surface area contributed by atoms with Crippen LogP contribution in [0.3, 0.4) is 0 Å². The van der Waals surface area contributed by atoms with Crippen molar-refractivity contribution in [2.75, 3.05) is 0 Å². The zero-order chi connectivity index (χ0) is 14.5. The SMILES string of the molecule is CC1(C)OB(c2cc(C#N)nc3ccsc23)OC1(C)C. The number of hydrogen-bond donors (Lipinski definition) is 0. The van der Waals surface area contributed by atoms with E-state index in [9.17, 15) is 0 Å². The van der Waals surface area contributed by atoms with E-state index in [1.54, 1.807) is 17.4 Å². The van der Waals surface area contributed by atoms with E-state index in [0.717, 1.165) is 15.7 Å². The van der Waals surface area contributed by atoms with Crippen LogP contribution in [0.5, 0.6) is 0 Å². The van der Waals surface area contributed by atoms with E-state index in [-0.39, 0.29) is 0 Å². The molecule has 0 bridgehead atoms. The molecule has 0 spiro atoms. The van der Waals surface area contributed by atoms with E-state index in [4.69, 9.17) is 14.6 Å². The van der Waals surface area contributed by atoms with Crippen molar-refractivity contribution in [3.63, 3.8) is 0 Å². The average molecular weight is 286 g/mol. The molecule has 0 atom stereocenters. The van der Waals surface area contributed by atoms with Gasteiger partial charge < -0.3 is 9.31 Å². The zero-order valence-corrected chi connectivity index (χ0v) is 12.7. The Morgan fingerprint density at radius 3 is 2.50 bits per heavy atom. The largest absolute Gasteiger partial charge is 0.496 e. The molecule has 0 aliphatic carbocycles. The van der Waals surface area contributed by atoms with Gasteiger partial charge in [-0.3, -0.25) is 0 Å². The lowest BCUT2D eigenvalue weighted by Gasteiger charge is -2.32. The highest BCUT2D eigenvalue weighted by Gasteiger charge is 2.52. The van der Waals surface area contributed by atoms with Gasteiger partial charge in [0.2, 0.25) is 0 Å². The fourth-order valence-electron chi connectivity index (χ4n) is 2.18. The van der Waals surface area contributed by atoms with Gasteiger partial charge in [0.1, 0.15) is 11.8 Å². The second kappa shape index (κ2) is 4.29.